The monoisotopic (exact) mass is 486 g/mol. The van der Waals surface area contributed by atoms with Crippen molar-refractivity contribution in [3.63, 3.8) is 0 Å². The molecule has 0 radical (unpaired) electrons. The van der Waals surface area contributed by atoms with E-state index < -0.39 is 0 Å². The SMILES string of the molecule is CC1CCCCCN1C(=O)c1cc(N2CCCCC2)n2nc(-c3ccc(NCC4CC4)cc3)cc2n1. The third kappa shape index (κ3) is 4.93. The molecule has 3 aliphatic rings. The summed E-state index contributed by atoms with van der Waals surface area (Å²) in [5.74, 6) is 1.88. The number of carbonyl (C=O) groups excluding carboxylic acids is 1. The van der Waals surface area contributed by atoms with E-state index in [1.807, 2.05) is 21.5 Å². The van der Waals surface area contributed by atoms with Crippen molar-refractivity contribution in [1.29, 1.82) is 0 Å². The lowest BCUT2D eigenvalue weighted by molar-refractivity contribution is 0.0692. The third-order valence-electron chi connectivity index (χ3n) is 8.09. The molecular weight excluding hydrogens is 448 g/mol. The Balaban J connectivity index is 1.34. The molecule has 3 aromatic rings. The van der Waals surface area contributed by atoms with Gasteiger partial charge in [-0.05, 0) is 69.9 Å². The van der Waals surface area contributed by atoms with Crippen molar-refractivity contribution in [1.82, 2.24) is 19.5 Å². The van der Waals surface area contributed by atoms with E-state index in [-0.39, 0.29) is 11.9 Å². The van der Waals surface area contributed by atoms with Crippen molar-refractivity contribution in [3.8, 4) is 11.3 Å². The summed E-state index contributed by atoms with van der Waals surface area (Å²) in [5.41, 5.74) is 4.40. The van der Waals surface area contributed by atoms with Crippen LogP contribution in [0.4, 0.5) is 11.5 Å². The molecular formula is C29H38N6O. The predicted molar refractivity (Wildman–Crippen MR) is 145 cm³/mol. The van der Waals surface area contributed by atoms with E-state index in [0.29, 0.717) is 5.69 Å². The van der Waals surface area contributed by atoms with Gasteiger partial charge in [-0.25, -0.2) is 4.98 Å². The number of hydrogen-bond donors (Lipinski definition) is 1. The molecule has 190 valence electrons. The fourth-order valence-electron chi connectivity index (χ4n) is 5.62. The highest BCUT2D eigenvalue weighted by Gasteiger charge is 2.27. The molecule has 2 aromatic heterocycles. The standard InChI is InChI=1S/C29H38N6O/c1-21-8-4-2-7-17-34(21)29(36)26-19-28(33-15-5-3-6-16-33)35-27(31-26)18-25(32-35)23-11-13-24(14-12-23)30-20-22-9-10-22/h11-14,18-19,21-22,30H,2-10,15-17,20H2,1H3. The molecule has 6 rings (SSSR count). The zero-order valence-electron chi connectivity index (χ0n) is 21.5. The van der Waals surface area contributed by atoms with E-state index in [1.54, 1.807) is 0 Å². The van der Waals surface area contributed by atoms with Crippen LogP contribution < -0.4 is 10.2 Å². The fraction of sp³-hybridized carbons (Fsp3) is 0.552. The molecule has 1 amide bonds. The smallest absolute Gasteiger partial charge is 0.272 e. The van der Waals surface area contributed by atoms with E-state index in [1.165, 1.54) is 44.9 Å². The first-order chi connectivity index (χ1) is 17.7. The third-order valence-corrected chi connectivity index (χ3v) is 8.09. The number of fused-ring (bicyclic) bond motifs is 1. The Morgan fingerprint density at radius 1 is 0.944 bits per heavy atom. The number of piperidine rings is 1. The fourth-order valence-corrected chi connectivity index (χ4v) is 5.62. The molecule has 0 bridgehead atoms. The number of nitrogens with zero attached hydrogens (tertiary/aromatic N) is 5. The number of anilines is 2. The molecule has 1 atom stereocenters. The highest BCUT2D eigenvalue weighted by atomic mass is 16.2. The van der Waals surface area contributed by atoms with Crippen LogP contribution in [0.3, 0.4) is 0 Å². The van der Waals surface area contributed by atoms with Crippen molar-refractivity contribution >= 4 is 23.1 Å². The molecule has 1 unspecified atom stereocenters. The lowest BCUT2D eigenvalue weighted by Crippen LogP contribution is -2.39. The number of benzene rings is 1. The van der Waals surface area contributed by atoms with E-state index in [9.17, 15) is 4.79 Å². The Morgan fingerprint density at radius 2 is 1.69 bits per heavy atom. The van der Waals surface area contributed by atoms with Crippen LogP contribution in [0.1, 0.15) is 75.2 Å². The van der Waals surface area contributed by atoms with Crippen LogP contribution >= 0.6 is 0 Å². The minimum Gasteiger partial charge on any atom is -0.385 e. The lowest BCUT2D eigenvalue weighted by Gasteiger charge is -2.30. The lowest BCUT2D eigenvalue weighted by atomic mass is 10.1. The second-order valence-corrected chi connectivity index (χ2v) is 10.9. The summed E-state index contributed by atoms with van der Waals surface area (Å²) in [6, 6.07) is 12.8. The van der Waals surface area contributed by atoms with Gasteiger partial charge in [-0.2, -0.15) is 9.61 Å². The second kappa shape index (κ2) is 10.1. The molecule has 0 spiro atoms. The first-order valence-corrected chi connectivity index (χ1v) is 14.0. The molecule has 2 aliphatic heterocycles. The van der Waals surface area contributed by atoms with Crippen molar-refractivity contribution in [2.75, 3.05) is 36.4 Å². The van der Waals surface area contributed by atoms with Crippen LogP contribution in [0.15, 0.2) is 36.4 Å². The quantitative estimate of drug-likeness (QED) is 0.490. The normalized spacial score (nSPS) is 21.0. The van der Waals surface area contributed by atoms with Gasteiger partial charge in [-0.1, -0.05) is 25.0 Å². The maximum atomic E-state index is 13.7. The van der Waals surface area contributed by atoms with E-state index in [0.717, 1.165) is 73.3 Å². The summed E-state index contributed by atoms with van der Waals surface area (Å²) in [7, 11) is 0. The summed E-state index contributed by atoms with van der Waals surface area (Å²) in [4.78, 5) is 23.0. The van der Waals surface area contributed by atoms with Crippen LogP contribution in [0.2, 0.25) is 0 Å². The number of hydrogen-bond acceptors (Lipinski definition) is 5. The zero-order chi connectivity index (χ0) is 24.5. The Hall–Kier alpha value is -3.09. The number of nitrogens with one attached hydrogen (secondary N) is 1. The van der Waals surface area contributed by atoms with Crippen LogP contribution in [0, 0.1) is 5.92 Å². The Morgan fingerprint density at radius 3 is 2.47 bits per heavy atom. The van der Waals surface area contributed by atoms with Crippen molar-refractivity contribution in [2.24, 2.45) is 5.92 Å². The first kappa shape index (κ1) is 23.3. The molecule has 2 saturated heterocycles. The van der Waals surface area contributed by atoms with Gasteiger partial charge in [0.15, 0.2) is 5.65 Å². The van der Waals surface area contributed by atoms with Gasteiger partial charge in [0.2, 0.25) is 0 Å². The molecule has 3 fully saturated rings. The zero-order valence-corrected chi connectivity index (χ0v) is 21.5. The van der Waals surface area contributed by atoms with Gasteiger partial charge in [-0.3, -0.25) is 4.79 Å². The number of rotatable bonds is 6. The van der Waals surface area contributed by atoms with Gasteiger partial charge in [0.25, 0.3) is 5.91 Å². The molecule has 1 N–H and O–H groups in total. The summed E-state index contributed by atoms with van der Waals surface area (Å²) < 4.78 is 1.95. The van der Waals surface area contributed by atoms with Gasteiger partial charge in [-0.15, -0.1) is 0 Å². The average molecular weight is 487 g/mol. The number of aromatic nitrogens is 3. The summed E-state index contributed by atoms with van der Waals surface area (Å²) >= 11 is 0. The summed E-state index contributed by atoms with van der Waals surface area (Å²) in [5, 5.41) is 8.52. The predicted octanol–water partition coefficient (Wildman–Crippen LogP) is 5.61. The summed E-state index contributed by atoms with van der Waals surface area (Å²) in [6.07, 6.45) is 10.8. The van der Waals surface area contributed by atoms with Gasteiger partial charge in [0.1, 0.15) is 11.5 Å². The van der Waals surface area contributed by atoms with E-state index >= 15 is 0 Å². The maximum Gasteiger partial charge on any atom is 0.272 e. The van der Waals surface area contributed by atoms with Crippen LogP contribution in [-0.2, 0) is 0 Å². The summed E-state index contributed by atoms with van der Waals surface area (Å²) in [6.45, 7) is 6.03. The molecule has 7 nitrogen and oxygen atoms in total. The van der Waals surface area contributed by atoms with Crippen LogP contribution in [0.5, 0.6) is 0 Å². The topological polar surface area (TPSA) is 65.8 Å². The Labute approximate surface area is 213 Å². The largest absolute Gasteiger partial charge is 0.385 e. The second-order valence-electron chi connectivity index (χ2n) is 10.9. The van der Waals surface area contributed by atoms with Crippen LogP contribution in [0.25, 0.3) is 16.9 Å². The Kier molecular flexibility index (Phi) is 6.55. The molecule has 4 heterocycles. The molecule has 1 aliphatic carbocycles. The van der Waals surface area contributed by atoms with Gasteiger partial charge >= 0.3 is 0 Å². The number of likely N-dealkylation sites (tertiary alicyclic amines) is 1. The van der Waals surface area contributed by atoms with E-state index in [2.05, 4.69) is 41.4 Å². The highest BCUT2D eigenvalue weighted by Crippen LogP contribution is 2.30. The van der Waals surface area contributed by atoms with Crippen molar-refractivity contribution < 1.29 is 4.79 Å². The molecule has 1 saturated carbocycles. The molecule has 1 aromatic carbocycles. The van der Waals surface area contributed by atoms with E-state index in [4.69, 9.17) is 10.1 Å². The van der Waals surface area contributed by atoms with Crippen LogP contribution in [-0.4, -0.2) is 57.6 Å². The minimum absolute atomic E-state index is 0.0546. The molecule has 36 heavy (non-hydrogen) atoms. The average Bonchev–Trinajstić information content (AvgIpc) is 3.69. The van der Waals surface area contributed by atoms with Crippen molar-refractivity contribution in [2.45, 2.75) is 70.8 Å². The highest BCUT2D eigenvalue weighted by molar-refractivity contribution is 5.94. The number of carbonyl (C=O) groups is 1. The van der Waals surface area contributed by atoms with Gasteiger partial charge in [0.05, 0.1) is 5.69 Å². The Bertz CT molecular complexity index is 1210. The maximum absolute atomic E-state index is 13.7. The van der Waals surface area contributed by atoms with Gasteiger partial charge < -0.3 is 15.1 Å². The first-order valence-electron chi connectivity index (χ1n) is 14.0. The van der Waals surface area contributed by atoms with Crippen molar-refractivity contribution in [3.05, 3.63) is 42.1 Å². The number of amides is 1. The molecule has 7 heteroatoms. The minimum atomic E-state index is 0.0546. The van der Waals surface area contributed by atoms with Gasteiger partial charge in [0, 0.05) is 55.6 Å².